The van der Waals surface area contributed by atoms with E-state index in [0.717, 1.165) is 0 Å². The molecule has 0 radical (unpaired) electrons. The molecular weight excluding hydrogens is 1550 g/mol. The highest BCUT2D eigenvalue weighted by molar-refractivity contribution is 6.10. The first-order valence-corrected chi connectivity index (χ1v) is 36.6. The summed E-state index contributed by atoms with van der Waals surface area (Å²) < 4.78 is 148. The summed E-state index contributed by atoms with van der Waals surface area (Å²) in [6.07, 6.45) is 0. The van der Waals surface area contributed by atoms with E-state index < -0.39 is 0 Å². The average molecular weight is 1640 g/mol. The number of benzene rings is 8. The Balaban J connectivity index is 1.43. The smallest absolute Gasteiger partial charge is 0.203 e. The van der Waals surface area contributed by atoms with E-state index in [9.17, 15) is 0 Å². The zero-order valence-electron chi connectivity index (χ0n) is 70.7. The van der Waals surface area contributed by atoms with Gasteiger partial charge >= 0.3 is 0 Å². The van der Waals surface area contributed by atoms with Crippen LogP contribution < -0.4 is 114 Å². The molecule has 0 amide bonds. The maximum atomic E-state index is 6.21. The van der Waals surface area contributed by atoms with Gasteiger partial charge in [0.15, 0.2) is 115 Å². The van der Waals surface area contributed by atoms with E-state index in [-0.39, 0.29) is 184 Å². The van der Waals surface area contributed by atoms with Crippen LogP contribution in [0.15, 0.2) is 97.1 Å². The number of aromatic nitrogens is 8. The predicted octanol–water partition coefficient (Wildman–Crippen LogP) is 14.8. The highest BCUT2D eigenvalue weighted by Crippen LogP contribution is 2.56. The molecule has 0 saturated heterocycles. The van der Waals surface area contributed by atoms with Crippen LogP contribution in [0.3, 0.4) is 0 Å². The van der Waals surface area contributed by atoms with Gasteiger partial charge in [-0.1, -0.05) is 0 Å². The molecule has 2 aliphatic heterocycles. The lowest BCUT2D eigenvalue weighted by Crippen LogP contribution is -2.01. The molecule has 5 heterocycles. The Morgan fingerprint density at radius 2 is 0.267 bits per heavy atom. The van der Waals surface area contributed by atoms with Crippen molar-refractivity contribution in [1.82, 2.24) is 39.9 Å². The molecule has 13 rings (SSSR count). The largest absolute Gasteiger partial charge is 0.493 e. The number of rotatable bonds is 32. The predicted molar refractivity (Wildman–Crippen MR) is 447 cm³/mol. The second-order valence-electron chi connectivity index (χ2n) is 25.9. The highest BCUT2D eigenvalue weighted by Gasteiger charge is 2.37. The lowest BCUT2D eigenvalue weighted by molar-refractivity contribution is 0.324. The maximum absolute atomic E-state index is 6.21. The minimum Gasteiger partial charge on any atom is -0.493 e. The van der Waals surface area contributed by atoms with Crippen LogP contribution in [0.2, 0.25) is 0 Å². The first kappa shape index (κ1) is 83.2. The number of nitrogens with zero attached hydrogens (tertiary/aromatic N) is 6. The summed E-state index contributed by atoms with van der Waals surface area (Å²) in [6.45, 7) is 0. The third-order valence-corrected chi connectivity index (χ3v) is 20.2. The SMILES string of the molecule is COc1cc(C2=C(c3cc(OC)c(OC)c(OC)c3)c3nc2nc2[nH]c(nc4nc(nc5[nH]c(n3)c(-c3cc(OC)c(OC)c(OC)c3)c5-c3cc(OC)c(OC)c(OC)c3)C(c3cc(OC)c(OC)c(OC)c3)=C4c3cc(OC)c(OC)c(OC)c3)c(-c3cc(OC)c(OC)c(OC)c3)c2-c2cc(OC)c(OC)c(OC)c2)cc(OC)c1OC. The van der Waals surface area contributed by atoms with Crippen LogP contribution in [0, 0.1) is 0 Å². The van der Waals surface area contributed by atoms with Gasteiger partial charge in [-0.3, -0.25) is 0 Å². The Morgan fingerprint density at radius 1 is 0.150 bits per heavy atom. The number of methoxy groups -OCH3 is 24. The number of aromatic amines is 2. The zero-order valence-corrected chi connectivity index (χ0v) is 70.7. The Hall–Kier alpha value is -14.7. The third kappa shape index (κ3) is 14.5. The lowest BCUT2D eigenvalue weighted by Gasteiger charge is -2.18. The number of hydrogen-bond donors (Lipinski definition) is 2. The Bertz CT molecular complexity index is 5140. The number of H-pyrrole nitrogens is 2. The maximum Gasteiger partial charge on any atom is 0.203 e. The van der Waals surface area contributed by atoms with Crippen molar-refractivity contribution in [3.63, 3.8) is 0 Å². The number of fused-ring (bicyclic) bond motifs is 8. The number of ether oxygens (including phenoxy) is 24. The van der Waals surface area contributed by atoms with Gasteiger partial charge in [0.2, 0.25) is 46.0 Å². The van der Waals surface area contributed by atoms with Crippen molar-refractivity contribution in [1.29, 1.82) is 0 Å². The molecule has 120 heavy (non-hydrogen) atoms. The molecule has 2 aliphatic rings. The van der Waals surface area contributed by atoms with Crippen molar-refractivity contribution >= 4 is 44.9 Å². The van der Waals surface area contributed by atoms with Gasteiger partial charge in [-0.2, -0.15) is 0 Å². The molecule has 8 aromatic carbocycles. The Morgan fingerprint density at radius 3 is 0.375 bits per heavy atom. The molecule has 11 aromatic rings. The van der Waals surface area contributed by atoms with Crippen molar-refractivity contribution < 1.29 is 114 Å². The van der Waals surface area contributed by atoms with E-state index in [0.29, 0.717) is 89.1 Å². The minimum absolute atomic E-state index is 0.00368. The monoisotopic (exact) mass is 1640 g/mol. The van der Waals surface area contributed by atoms with Crippen LogP contribution in [-0.4, -0.2) is 211 Å². The summed E-state index contributed by atoms with van der Waals surface area (Å²) in [5.41, 5.74) is 6.22. The molecule has 32 nitrogen and oxygen atoms in total. The van der Waals surface area contributed by atoms with Gasteiger partial charge < -0.3 is 124 Å². The molecule has 0 spiro atoms. The topological polar surface area (TPSA) is 330 Å². The van der Waals surface area contributed by atoms with Crippen LogP contribution in [0.1, 0.15) is 45.6 Å². The molecule has 626 valence electrons. The van der Waals surface area contributed by atoms with E-state index in [2.05, 4.69) is 9.97 Å². The van der Waals surface area contributed by atoms with E-state index >= 15 is 0 Å². The first-order chi connectivity index (χ1) is 58.4. The highest BCUT2D eigenvalue weighted by atomic mass is 16.6. The van der Waals surface area contributed by atoms with Crippen LogP contribution in [-0.2, 0) is 0 Å². The van der Waals surface area contributed by atoms with Crippen molar-refractivity contribution in [3.05, 3.63) is 143 Å². The molecule has 0 saturated carbocycles. The molecular formula is C88H90N8O24. The second-order valence-corrected chi connectivity index (χ2v) is 25.9. The van der Waals surface area contributed by atoms with Crippen LogP contribution in [0.4, 0.5) is 0 Å². The van der Waals surface area contributed by atoms with Gasteiger partial charge in [0.1, 0.15) is 22.6 Å². The fourth-order valence-corrected chi connectivity index (χ4v) is 14.9. The van der Waals surface area contributed by atoms with Crippen LogP contribution >= 0.6 is 0 Å². The molecule has 0 aliphatic carbocycles. The molecule has 3 aromatic heterocycles. The summed E-state index contributed by atoms with van der Waals surface area (Å²) in [4.78, 5) is 42.3. The quantitative estimate of drug-likeness (QED) is 0.0395. The van der Waals surface area contributed by atoms with Gasteiger partial charge in [-0.15, -0.1) is 0 Å². The van der Waals surface area contributed by atoms with Crippen LogP contribution in [0.25, 0.3) is 89.4 Å². The first-order valence-electron chi connectivity index (χ1n) is 36.6. The van der Waals surface area contributed by atoms with Crippen molar-refractivity contribution in [3.8, 4) is 182 Å². The molecule has 8 bridgehead atoms. The summed E-state index contributed by atoms with van der Waals surface area (Å²) in [6, 6.07) is 28.4. The van der Waals surface area contributed by atoms with Gasteiger partial charge in [0.05, 0.1) is 171 Å². The summed E-state index contributed by atoms with van der Waals surface area (Å²) in [7, 11) is 36.2. The van der Waals surface area contributed by atoms with E-state index in [1.54, 1.807) is 97.1 Å². The molecule has 2 N–H and O–H groups in total. The minimum atomic E-state index is 0.00368. The normalized spacial score (nSPS) is 11.6. The van der Waals surface area contributed by atoms with Crippen molar-refractivity contribution in [2.75, 3.05) is 171 Å². The molecule has 0 fully saturated rings. The van der Waals surface area contributed by atoms with Gasteiger partial charge in [0.25, 0.3) is 0 Å². The van der Waals surface area contributed by atoms with Gasteiger partial charge in [-0.25, -0.2) is 29.9 Å². The van der Waals surface area contributed by atoms with E-state index in [1.807, 2.05) is 0 Å². The van der Waals surface area contributed by atoms with Crippen LogP contribution in [0.5, 0.6) is 138 Å². The third-order valence-electron chi connectivity index (χ3n) is 20.2. The number of hydrogen-bond acceptors (Lipinski definition) is 30. The van der Waals surface area contributed by atoms with E-state index in [1.165, 1.54) is 171 Å². The van der Waals surface area contributed by atoms with Crippen molar-refractivity contribution in [2.24, 2.45) is 0 Å². The Kier molecular flexibility index (Phi) is 24.5. The second kappa shape index (κ2) is 35.4. The van der Waals surface area contributed by atoms with Gasteiger partial charge in [0, 0.05) is 44.5 Å². The zero-order chi connectivity index (χ0) is 85.7. The summed E-state index contributed by atoms with van der Waals surface area (Å²) in [5, 5.41) is 0. The molecule has 0 unspecified atom stereocenters. The fourth-order valence-electron chi connectivity index (χ4n) is 14.9. The number of nitrogens with one attached hydrogen (secondary N) is 2. The van der Waals surface area contributed by atoms with Gasteiger partial charge in [-0.05, 0) is 142 Å². The standard InChI is InChI=1S/C88H90N8O24/c1-97-49-25-41(26-50(98-2)73(49)113-17)65-66(42-27-51(99-3)74(114-18)52(28-42)100-4)82-89-81(65)93-83-67(43-29-53(101-5)75(115-19)54(30-43)102-6)68(44-31-55(103-7)76(116-20)56(32-44)104-8)85(90-83)95-87-71(47-37-61(109-13)79(119-23)62(38-47)110-14)72(48-39-63(111-15)80(120-24)64(40-48)112-16)88(92-87)96-86-70(46-35-59(107-11)78(118-22)60(36-46)108-12)69(84(91-86)94-82)45-33-57(105-9)77(117-21)58(34-45)106-10/h25-40H,1-24H3,(H2,89,90,91,92,93,94,95,96). The average Bonchev–Trinajstić information content (AvgIpc) is 1.57. The fraction of sp³-hybridized carbons (Fsp3) is 0.273. The van der Waals surface area contributed by atoms with Crippen molar-refractivity contribution in [2.45, 2.75) is 0 Å². The van der Waals surface area contributed by atoms with E-state index in [4.69, 9.17) is 144 Å². The molecule has 0 atom stereocenters. The Labute approximate surface area is 691 Å². The summed E-state index contributed by atoms with van der Waals surface area (Å²) >= 11 is 0. The molecule has 32 heteroatoms. The summed E-state index contributed by atoms with van der Waals surface area (Å²) in [5.74, 6) is 6.19. The lowest BCUT2D eigenvalue weighted by atomic mass is 9.93.